The van der Waals surface area contributed by atoms with Gasteiger partial charge >= 0.3 is 0 Å². The third kappa shape index (κ3) is 5.17. The molecular weight excluding hydrogens is 285 g/mol. The normalized spacial score (nSPS) is 12.6. The molecule has 0 aliphatic carbocycles. The van der Waals surface area contributed by atoms with Crippen molar-refractivity contribution < 1.29 is 4.39 Å². The van der Waals surface area contributed by atoms with Crippen molar-refractivity contribution in [2.75, 3.05) is 0 Å². The first-order valence-corrected chi connectivity index (χ1v) is 6.09. The number of hydrogen-bond donors (Lipinski definition) is 2. The molecule has 3 nitrogen and oxygen atoms in total. The van der Waals surface area contributed by atoms with Gasteiger partial charge in [0.2, 0.25) is 0 Å². The minimum atomic E-state index is -0.277. The van der Waals surface area contributed by atoms with Gasteiger partial charge in [-0.25, -0.2) is 9.38 Å². The van der Waals surface area contributed by atoms with Crippen molar-refractivity contribution in [3.8, 4) is 0 Å². The number of nitrogens with two attached hydrogens (primary N) is 1. The first-order valence-electron chi connectivity index (χ1n) is 5.30. The van der Waals surface area contributed by atoms with Crippen LogP contribution in [0, 0.1) is 5.82 Å². The summed E-state index contributed by atoms with van der Waals surface area (Å²) >= 11 is 3.34. The predicted octanol–water partition coefficient (Wildman–Crippen LogP) is 2.79. The Hall–Kier alpha value is -1.10. The Morgan fingerprint density at radius 3 is 2.71 bits per heavy atom. The smallest absolute Gasteiger partial charge is 0.189 e. The molecule has 1 aromatic rings. The van der Waals surface area contributed by atoms with Gasteiger partial charge in [0.1, 0.15) is 5.82 Å². The maximum atomic E-state index is 13.0. The molecule has 5 heteroatoms. The number of guanidine groups is 1. The molecule has 3 N–H and O–H groups in total. The van der Waals surface area contributed by atoms with Crippen molar-refractivity contribution in [1.82, 2.24) is 5.32 Å². The molecular formula is C12H17BrFN3. The third-order valence-corrected chi connectivity index (χ3v) is 2.70. The fraction of sp³-hybridized carbons (Fsp3) is 0.417. The molecule has 17 heavy (non-hydrogen) atoms. The minimum absolute atomic E-state index is 0.132. The molecule has 1 aromatic carbocycles. The van der Waals surface area contributed by atoms with Crippen LogP contribution in [-0.4, -0.2) is 11.5 Å². The molecule has 0 fully saturated rings. The Balaban J connectivity index is 2.72. The van der Waals surface area contributed by atoms with E-state index in [0.717, 1.165) is 10.0 Å². The van der Waals surface area contributed by atoms with E-state index >= 15 is 0 Å². The van der Waals surface area contributed by atoms with E-state index < -0.39 is 0 Å². The summed E-state index contributed by atoms with van der Waals surface area (Å²) in [5, 5.41) is 3.04. The van der Waals surface area contributed by atoms with Crippen molar-refractivity contribution in [3.05, 3.63) is 34.1 Å². The first kappa shape index (κ1) is 14.0. The van der Waals surface area contributed by atoms with Crippen molar-refractivity contribution >= 4 is 21.9 Å². The topological polar surface area (TPSA) is 50.4 Å². The van der Waals surface area contributed by atoms with Crippen molar-refractivity contribution in [2.45, 2.75) is 32.9 Å². The van der Waals surface area contributed by atoms with Gasteiger partial charge in [-0.2, -0.15) is 0 Å². The van der Waals surface area contributed by atoms with Crippen LogP contribution in [0.3, 0.4) is 0 Å². The van der Waals surface area contributed by atoms with E-state index in [-0.39, 0.29) is 11.4 Å². The van der Waals surface area contributed by atoms with E-state index in [4.69, 9.17) is 5.73 Å². The molecule has 0 aromatic heterocycles. The zero-order valence-corrected chi connectivity index (χ0v) is 11.8. The summed E-state index contributed by atoms with van der Waals surface area (Å²) < 4.78 is 13.9. The quantitative estimate of drug-likeness (QED) is 0.652. The number of halogens is 2. The number of rotatable bonds is 2. The maximum Gasteiger partial charge on any atom is 0.189 e. The van der Waals surface area contributed by atoms with Gasteiger partial charge in [-0.1, -0.05) is 15.9 Å². The third-order valence-electron chi connectivity index (χ3n) is 1.93. The summed E-state index contributed by atoms with van der Waals surface area (Å²) in [5.41, 5.74) is 6.36. The van der Waals surface area contributed by atoms with E-state index in [1.807, 2.05) is 20.8 Å². The van der Waals surface area contributed by atoms with Gasteiger partial charge < -0.3 is 11.1 Å². The van der Waals surface area contributed by atoms with Crippen LogP contribution in [0.25, 0.3) is 0 Å². The van der Waals surface area contributed by atoms with Crippen molar-refractivity contribution in [2.24, 2.45) is 10.7 Å². The fourth-order valence-corrected chi connectivity index (χ4v) is 1.63. The second-order valence-electron chi connectivity index (χ2n) is 4.81. The van der Waals surface area contributed by atoms with Crippen LogP contribution >= 0.6 is 15.9 Å². The Bertz CT molecular complexity index is 424. The van der Waals surface area contributed by atoms with Crippen LogP contribution in [0.1, 0.15) is 26.3 Å². The molecule has 0 unspecified atom stereocenters. The van der Waals surface area contributed by atoms with E-state index in [0.29, 0.717) is 12.5 Å². The molecule has 94 valence electrons. The molecule has 0 amide bonds. The summed E-state index contributed by atoms with van der Waals surface area (Å²) in [6.45, 7) is 6.32. The van der Waals surface area contributed by atoms with E-state index in [2.05, 4.69) is 26.2 Å². The Kier molecular flexibility index (Phi) is 4.51. The number of hydrogen-bond acceptors (Lipinski definition) is 1. The molecule has 0 spiro atoms. The van der Waals surface area contributed by atoms with E-state index in [9.17, 15) is 4.39 Å². The van der Waals surface area contributed by atoms with Crippen LogP contribution in [0.15, 0.2) is 27.7 Å². The van der Waals surface area contributed by atoms with Crippen LogP contribution in [0.5, 0.6) is 0 Å². The molecule has 0 saturated heterocycles. The average molecular weight is 302 g/mol. The Labute approximate surface area is 109 Å². The molecule has 0 atom stereocenters. The Morgan fingerprint density at radius 2 is 2.12 bits per heavy atom. The van der Waals surface area contributed by atoms with Crippen LogP contribution in [0.2, 0.25) is 0 Å². The number of benzene rings is 1. The second kappa shape index (κ2) is 5.49. The molecule has 0 radical (unpaired) electrons. The summed E-state index contributed by atoms with van der Waals surface area (Å²) in [4.78, 5) is 4.17. The molecule has 0 saturated carbocycles. The standard InChI is InChI=1S/C12H17BrFN3/c1-12(2,3)17-11(15)16-7-8-6-9(14)4-5-10(8)13/h4-6H,7H2,1-3H3,(H3,15,16,17). The highest BCUT2D eigenvalue weighted by atomic mass is 79.9. The van der Waals surface area contributed by atoms with E-state index in [1.165, 1.54) is 12.1 Å². The SMILES string of the molecule is CC(C)(C)NC(N)=NCc1cc(F)ccc1Br. The van der Waals surface area contributed by atoms with Gasteiger partial charge in [0.15, 0.2) is 5.96 Å². The van der Waals surface area contributed by atoms with Gasteiger partial charge in [0.25, 0.3) is 0 Å². The second-order valence-corrected chi connectivity index (χ2v) is 5.67. The van der Waals surface area contributed by atoms with Gasteiger partial charge in [-0.3, -0.25) is 0 Å². The van der Waals surface area contributed by atoms with Crippen LogP contribution in [0.4, 0.5) is 4.39 Å². The fourth-order valence-electron chi connectivity index (χ4n) is 1.26. The van der Waals surface area contributed by atoms with Gasteiger partial charge in [0.05, 0.1) is 6.54 Å². The average Bonchev–Trinajstić information content (AvgIpc) is 2.17. The van der Waals surface area contributed by atoms with Crippen LogP contribution < -0.4 is 11.1 Å². The summed E-state index contributed by atoms with van der Waals surface area (Å²) in [6, 6.07) is 4.50. The summed E-state index contributed by atoms with van der Waals surface area (Å²) in [7, 11) is 0. The lowest BCUT2D eigenvalue weighted by molar-refractivity contribution is 0.508. The highest BCUT2D eigenvalue weighted by Gasteiger charge is 2.09. The first-order chi connectivity index (χ1) is 7.78. The van der Waals surface area contributed by atoms with Crippen molar-refractivity contribution in [1.29, 1.82) is 0 Å². The van der Waals surface area contributed by atoms with Crippen LogP contribution in [-0.2, 0) is 6.54 Å². The molecule has 0 heterocycles. The van der Waals surface area contributed by atoms with Gasteiger partial charge in [-0.15, -0.1) is 0 Å². The molecule has 0 bridgehead atoms. The maximum absolute atomic E-state index is 13.0. The largest absolute Gasteiger partial charge is 0.370 e. The predicted molar refractivity (Wildman–Crippen MR) is 72.3 cm³/mol. The van der Waals surface area contributed by atoms with Crippen molar-refractivity contribution in [3.63, 3.8) is 0 Å². The minimum Gasteiger partial charge on any atom is -0.370 e. The number of nitrogens with zero attached hydrogens (tertiary/aromatic N) is 1. The number of nitrogens with one attached hydrogen (secondary N) is 1. The Morgan fingerprint density at radius 1 is 1.47 bits per heavy atom. The van der Waals surface area contributed by atoms with Gasteiger partial charge in [0, 0.05) is 10.0 Å². The zero-order valence-electron chi connectivity index (χ0n) is 10.2. The van der Waals surface area contributed by atoms with Gasteiger partial charge in [-0.05, 0) is 44.5 Å². The number of aliphatic imine (C=N–C) groups is 1. The monoisotopic (exact) mass is 301 g/mol. The lowest BCUT2D eigenvalue weighted by Crippen LogP contribution is -2.44. The van der Waals surface area contributed by atoms with E-state index in [1.54, 1.807) is 6.07 Å². The summed E-state index contributed by atoms with van der Waals surface area (Å²) in [6.07, 6.45) is 0. The molecule has 1 rings (SSSR count). The molecule has 0 aliphatic rings. The lowest BCUT2D eigenvalue weighted by atomic mass is 10.1. The molecule has 0 aliphatic heterocycles. The summed E-state index contributed by atoms with van der Waals surface area (Å²) in [5.74, 6) is 0.0782. The lowest BCUT2D eigenvalue weighted by Gasteiger charge is -2.21. The zero-order chi connectivity index (χ0) is 13.1. The highest BCUT2D eigenvalue weighted by molar-refractivity contribution is 9.10. The highest BCUT2D eigenvalue weighted by Crippen LogP contribution is 2.18.